The highest BCUT2D eigenvalue weighted by atomic mass is 32.1. The number of aromatic nitrogens is 1. The Balaban J connectivity index is 2.29. The lowest BCUT2D eigenvalue weighted by molar-refractivity contribution is 0.249. The minimum absolute atomic E-state index is 0.0905. The van der Waals surface area contributed by atoms with Gasteiger partial charge in [0.1, 0.15) is 0 Å². The molecule has 0 amide bonds. The maximum atomic E-state index is 9.31. The van der Waals surface area contributed by atoms with Crippen LogP contribution in [0.2, 0.25) is 0 Å². The molecule has 0 fully saturated rings. The van der Waals surface area contributed by atoms with E-state index in [0.29, 0.717) is 5.92 Å². The van der Waals surface area contributed by atoms with Crippen molar-refractivity contribution < 1.29 is 5.11 Å². The van der Waals surface area contributed by atoms with Crippen molar-refractivity contribution in [2.75, 3.05) is 11.9 Å². The predicted octanol–water partition coefficient (Wildman–Crippen LogP) is 2.73. The lowest BCUT2D eigenvalue weighted by Gasteiger charge is -2.21. The number of nitrogens with zero attached hydrogens (tertiary/aromatic N) is 1. The Hall–Kier alpha value is -1.13. The molecule has 2 N–H and O–H groups in total. The van der Waals surface area contributed by atoms with Crippen LogP contribution in [0, 0.1) is 5.92 Å². The van der Waals surface area contributed by atoms with Gasteiger partial charge in [0, 0.05) is 6.20 Å². The number of pyridine rings is 1. The van der Waals surface area contributed by atoms with Gasteiger partial charge in [0.15, 0.2) is 0 Å². The highest BCUT2D eigenvalue weighted by molar-refractivity contribution is 7.17. The first-order chi connectivity index (χ1) is 7.72. The van der Waals surface area contributed by atoms with Gasteiger partial charge in [-0.25, -0.2) is 0 Å². The fourth-order valence-electron chi connectivity index (χ4n) is 1.61. The summed E-state index contributed by atoms with van der Waals surface area (Å²) in [6.45, 7) is 4.34. The quantitative estimate of drug-likeness (QED) is 0.858. The number of aliphatic hydroxyl groups is 1. The number of thiophene rings is 1. The first-order valence-electron chi connectivity index (χ1n) is 5.42. The summed E-state index contributed by atoms with van der Waals surface area (Å²) in [4.78, 5) is 4.29. The molecule has 0 saturated carbocycles. The minimum Gasteiger partial charge on any atom is -0.394 e. The number of hydrogen-bond acceptors (Lipinski definition) is 4. The molecule has 4 heteroatoms. The molecule has 0 radical (unpaired) electrons. The van der Waals surface area contributed by atoms with Crippen LogP contribution in [0.15, 0.2) is 23.7 Å². The van der Waals surface area contributed by atoms with E-state index in [1.54, 1.807) is 17.5 Å². The van der Waals surface area contributed by atoms with Gasteiger partial charge < -0.3 is 10.4 Å². The zero-order valence-corrected chi connectivity index (χ0v) is 10.3. The molecular weight excluding hydrogens is 220 g/mol. The number of nitrogens with one attached hydrogen (secondary N) is 1. The second kappa shape index (κ2) is 4.80. The van der Waals surface area contributed by atoms with E-state index in [4.69, 9.17) is 0 Å². The summed E-state index contributed by atoms with van der Waals surface area (Å²) in [6, 6.07) is 4.06. The molecule has 16 heavy (non-hydrogen) atoms. The lowest BCUT2D eigenvalue weighted by Crippen LogP contribution is -2.29. The van der Waals surface area contributed by atoms with Crippen molar-refractivity contribution in [2.24, 2.45) is 5.92 Å². The molecule has 1 atom stereocenters. The third-order valence-corrected chi connectivity index (χ3v) is 3.62. The van der Waals surface area contributed by atoms with Gasteiger partial charge in [0.25, 0.3) is 0 Å². The summed E-state index contributed by atoms with van der Waals surface area (Å²) in [6.07, 6.45) is 1.80. The molecular formula is C12H16N2OS. The van der Waals surface area contributed by atoms with Crippen molar-refractivity contribution in [3.63, 3.8) is 0 Å². The SMILES string of the molecule is CC(C)[C@@H](CO)Nc1ccnc2ccsc12. The van der Waals surface area contributed by atoms with Crippen molar-refractivity contribution >= 4 is 27.2 Å². The van der Waals surface area contributed by atoms with Gasteiger partial charge in [-0.3, -0.25) is 4.98 Å². The molecule has 0 spiro atoms. The molecule has 2 heterocycles. The van der Waals surface area contributed by atoms with Crippen molar-refractivity contribution in [3.8, 4) is 0 Å². The minimum atomic E-state index is 0.0905. The topological polar surface area (TPSA) is 45.1 Å². The molecule has 3 nitrogen and oxygen atoms in total. The second-order valence-electron chi connectivity index (χ2n) is 4.17. The van der Waals surface area contributed by atoms with E-state index in [0.717, 1.165) is 15.9 Å². The first-order valence-corrected chi connectivity index (χ1v) is 6.30. The van der Waals surface area contributed by atoms with Crippen molar-refractivity contribution in [1.29, 1.82) is 0 Å². The molecule has 0 aliphatic heterocycles. The number of aliphatic hydroxyl groups excluding tert-OH is 1. The van der Waals surface area contributed by atoms with Gasteiger partial charge >= 0.3 is 0 Å². The second-order valence-corrected chi connectivity index (χ2v) is 5.09. The predicted molar refractivity (Wildman–Crippen MR) is 69.0 cm³/mol. The van der Waals surface area contributed by atoms with Crippen LogP contribution in [0.3, 0.4) is 0 Å². The van der Waals surface area contributed by atoms with Crippen LogP contribution < -0.4 is 5.32 Å². The van der Waals surface area contributed by atoms with E-state index in [-0.39, 0.29) is 12.6 Å². The average Bonchev–Trinajstić information content (AvgIpc) is 2.73. The molecule has 0 aromatic carbocycles. The zero-order chi connectivity index (χ0) is 11.5. The molecule has 2 rings (SSSR count). The van der Waals surface area contributed by atoms with Crippen LogP contribution >= 0.6 is 11.3 Å². The van der Waals surface area contributed by atoms with E-state index < -0.39 is 0 Å². The Bertz CT molecular complexity index is 467. The highest BCUT2D eigenvalue weighted by Gasteiger charge is 2.13. The van der Waals surface area contributed by atoms with E-state index >= 15 is 0 Å². The monoisotopic (exact) mass is 236 g/mol. The molecule has 2 aromatic rings. The molecule has 0 saturated heterocycles. The largest absolute Gasteiger partial charge is 0.394 e. The normalized spacial score (nSPS) is 13.2. The first kappa shape index (κ1) is 11.4. The molecule has 0 aliphatic carbocycles. The zero-order valence-electron chi connectivity index (χ0n) is 9.47. The van der Waals surface area contributed by atoms with E-state index in [1.807, 2.05) is 17.5 Å². The Morgan fingerprint density at radius 2 is 2.25 bits per heavy atom. The summed E-state index contributed by atoms with van der Waals surface area (Å²) < 4.78 is 1.15. The molecule has 0 aliphatic rings. The van der Waals surface area contributed by atoms with E-state index in [1.165, 1.54) is 0 Å². The van der Waals surface area contributed by atoms with Gasteiger partial charge in [-0.2, -0.15) is 0 Å². The Labute approximate surface area is 99.1 Å². The van der Waals surface area contributed by atoms with E-state index in [9.17, 15) is 5.11 Å². The Morgan fingerprint density at radius 3 is 2.94 bits per heavy atom. The molecule has 0 unspecified atom stereocenters. The third kappa shape index (κ3) is 2.18. The summed E-state index contributed by atoms with van der Waals surface area (Å²) in [7, 11) is 0. The van der Waals surface area contributed by atoms with Crippen LogP contribution in [0.25, 0.3) is 10.2 Å². The Kier molecular flexibility index (Phi) is 3.41. The number of fused-ring (bicyclic) bond motifs is 1. The van der Waals surface area contributed by atoms with Crippen molar-refractivity contribution in [1.82, 2.24) is 4.98 Å². The molecule has 86 valence electrons. The van der Waals surface area contributed by atoms with Crippen molar-refractivity contribution in [2.45, 2.75) is 19.9 Å². The van der Waals surface area contributed by atoms with Crippen LogP contribution in [0.4, 0.5) is 5.69 Å². The maximum Gasteiger partial charge on any atom is 0.0830 e. The van der Waals surface area contributed by atoms with E-state index in [2.05, 4.69) is 24.1 Å². The summed E-state index contributed by atoms with van der Waals surface area (Å²) in [5.74, 6) is 0.396. The number of rotatable bonds is 4. The molecule has 0 bridgehead atoms. The van der Waals surface area contributed by atoms with Gasteiger partial charge in [-0.05, 0) is 23.4 Å². The maximum absolute atomic E-state index is 9.31. The number of anilines is 1. The van der Waals surface area contributed by atoms with Gasteiger partial charge in [0.05, 0.1) is 28.6 Å². The van der Waals surface area contributed by atoms with Gasteiger partial charge in [0.2, 0.25) is 0 Å². The van der Waals surface area contributed by atoms with Crippen molar-refractivity contribution in [3.05, 3.63) is 23.7 Å². The lowest BCUT2D eigenvalue weighted by atomic mass is 10.1. The standard InChI is InChI=1S/C12H16N2OS/c1-8(2)11(7-15)14-10-3-5-13-9-4-6-16-12(9)10/h3-6,8,11,15H,7H2,1-2H3,(H,13,14)/t11-/m1/s1. The summed E-state index contributed by atoms with van der Waals surface area (Å²) in [5.41, 5.74) is 2.07. The van der Waals surface area contributed by atoms with Crippen LogP contribution in [-0.4, -0.2) is 22.7 Å². The smallest absolute Gasteiger partial charge is 0.0830 e. The van der Waals surface area contributed by atoms with Crippen LogP contribution in [0.1, 0.15) is 13.8 Å². The average molecular weight is 236 g/mol. The Morgan fingerprint density at radius 1 is 1.44 bits per heavy atom. The molecule has 2 aromatic heterocycles. The van der Waals surface area contributed by atoms with Crippen LogP contribution in [0.5, 0.6) is 0 Å². The fourth-order valence-corrected chi connectivity index (χ4v) is 2.44. The highest BCUT2D eigenvalue weighted by Crippen LogP contribution is 2.27. The summed E-state index contributed by atoms with van der Waals surface area (Å²) in [5, 5.41) is 14.7. The van der Waals surface area contributed by atoms with Gasteiger partial charge in [-0.1, -0.05) is 13.8 Å². The summed E-state index contributed by atoms with van der Waals surface area (Å²) >= 11 is 1.67. The fraction of sp³-hybridized carbons (Fsp3) is 0.417. The third-order valence-electron chi connectivity index (χ3n) is 2.69. The van der Waals surface area contributed by atoms with Crippen LogP contribution in [-0.2, 0) is 0 Å². The van der Waals surface area contributed by atoms with Gasteiger partial charge in [-0.15, -0.1) is 11.3 Å². The number of hydrogen-bond donors (Lipinski definition) is 2.